The number of aromatic nitrogens is 3. The minimum Gasteiger partial charge on any atom is -0.318 e. The van der Waals surface area contributed by atoms with Gasteiger partial charge in [0.25, 0.3) is 0 Å². The lowest BCUT2D eigenvalue weighted by molar-refractivity contribution is -0.0934. The van der Waals surface area contributed by atoms with Crippen LogP contribution in [0.15, 0.2) is 42.4 Å². The summed E-state index contributed by atoms with van der Waals surface area (Å²) in [6.45, 7) is 0.151. The highest BCUT2D eigenvalue weighted by Gasteiger charge is 2.39. The summed E-state index contributed by atoms with van der Waals surface area (Å²) in [6.07, 6.45) is 5.47. The first-order valence-corrected chi connectivity index (χ1v) is 9.60. The van der Waals surface area contributed by atoms with Crippen LogP contribution in [0.25, 0.3) is 10.9 Å². The predicted molar refractivity (Wildman–Crippen MR) is 98.8 cm³/mol. The second-order valence-electron chi connectivity index (χ2n) is 6.44. The van der Waals surface area contributed by atoms with Crippen molar-refractivity contribution in [3.8, 4) is 0 Å². The highest BCUT2D eigenvalue weighted by molar-refractivity contribution is 14.1. The van der Waals surface area contributed by atoms with E-state index in [4.69, 9.17) is 0 Å². The Morgan fingerprint density at radius 1 is 1.28 bits per heavy atom. The molecule has 1 saturated carbocycles. The molecule has 0 aromatic carbocycles. The molecule has 0 radical (unpaired) electrons. The fourth-order valence-electron chi connectivity index (χ4n) is 3.29. The largest absolute Gasteiger partial charge is 0.431 e. The van der Waals surface area contributed by atoms with Crippen molar-refractivity contribution in [2.75, 3.05) is 15.9 Å². The fraction of sp³-hybridized carbons (Fsp3) is 0.412. The van der Waals surface area contributed by atoms with Crippen LogP contribution >= 0.6 is 22.6 Å². The minimum absolute atomic E-state index is 0.151. The van der Waals surface area contributed by atoms with Crippen LogP contribution in [-0.2, 0) is 0 Å². The molecular weight excluding hydrogens is 444 g/mol. The van der Waals surface area contributed by atoms with E-state index in [9.17, 15) is 13.2 Å². The molecule has 0 spiro atoms. The Morgan fingerprint density at radius 2 is 2.08 bits per heavy atom. The summed E-state index contributed by atoms with van der Waals surface area (Å²) in [4.78, 5) is 5.40. The van der Waals surface area contributed by atoms with Crippen molar-refractivity contribution < 1.29 is 13.2 Å². The van der Waals surface area contributed by atoms with E-state index in [1.165, 1.54) is 11.0 Å². The van der Waals surface area contributed by atoms with Crippen LogP contribution in [-0.4, -0.2) is 31.9 Å². The molecule has 25 heavy (non-hydrogen) atoms. The smallest absolute Gasteiger partial charge is 0.318 e. The number of anilines is 1. The molecule has 3 heterocycles. The van der Waals surface area contributed by atoms with Crippen molar-refractivity contribution in [1.82, 2.24) is 14.8 Å². The maximum atomic E-state index is 13.2. The van der Waals surface area contributed by atoms with Crippen LogP contribution in [0.2, 0.25) is 0 Å². The van der Waals surface area contributed by atoms with Gasteiger partial charge in [0.05, 0.1) is 12.2 Å². The fourth-order valence-corrected chi connectivity index (χ4v) is 4.01. The summed E-state index contributed by atoms with van der Waals surface area (Å²) in [6, 6.07) is 2.07. The van der Waals surface area contributed by atoms with E-state index in [-0.39, 0.29) is 6.54 Å². The summed E-state index contributed by atoms with van der Waals surface area (Å²) < 4.78 is 42.8. The Morgan fingerprint density at radius 3 is 2.80 bits per heavy atom. The zero-order valence-electron chi connectivity index (χ0n) is 13.2. The number of halogens is 4. The summed E-state index contributed by atoms with van der Waals surface area (Å²) in [5, 5.41) is 5.36. The van der Waals surface area contributed by atoms with Crippen LogP contribution < -0.4 is 4.90 Å². The van der Waals surface area contributed by atoms with Gasteiger partial charge >= 0.3 is 6.18 Å². The van der Waals surface area contributed by atoms with Gasteiger partial charge in [0.1, 0.15) is 17.0 Å². The molecule has 8 heteroatoms. The third kappa shape index (κ3) is 3.16. The number of hydrogen-bond donors (Lipinski definition) is 0. The van der Waals surface area contributed by atoms with Crippen molar-refractivity contribution >= 4 is 39.3 Å². The van der Waals surface area contributed by atoms with Crippen molar-refractivity contribution in [1.29, 1.82) is 0 Å². The molecule has 1 aliphatic heterocycles. The van der Waals surface area contributed by atoms with Crippen LogP contribution in [0.3, 0.4) is 0 Å². The third-order valence-electron chi connectivity index (χ3n) is 4.73. The van der Waals surface area contributed by atoms with Crippen molar-refractivity contribution in [2.45, 2.75) is 25.1 Å². The van der Waals surface area contributed by atoms with Gasteiger partial charge in [-0.2, -0.15) is 18.3 Å². The highest BCUT2D eigenvalue weighted by Crippen LogP contribution is 2.39. The van der Waals surface area contributed by atoms with E-state index in [1.54, 1.807) is 18.3 Å². The Balaban J connectivity index is 1.63. The second-order valence-corrected chi connectivity index (χ2v) is 7.33. The number of hydrogen-bond acceptors (Lipinski definition) is 3. The first-order chi connectivity index (χ1) is 12.0. The molecule has 0 bridgehead atoms. The first kappa shape index (κ1) is 16.9. The zero-order valence-corrected chi connectivity index (χ0v) is 15.4. The Bertz CT molecular complexity index is 849. The molecule has 2 aromatic rings. The van der Waals surface area contributed by atoms with Crippen LogP contribution in [0.1, 0.15) is 18.9 Å². The number of nitrogens with zero attached hydrogens (tertiary/aromatic N) is 4. The molecule has 1 fully saturated rings. The number of allylic oxidation sites excluding steroid dienone is 3. The van der Waals surface area contributed by atoms with Gasteiger partial charge in [-0.3, -0.25) is 4.68 Å². The molecule has 0 N–H and O–H groups in total. The molecule has 4 rings (SSSR count). The minimum atomic E-state index is -4.41. The average molecular weight is 460 g/mol. The number of alkyl halides is 4. The van der Waals surface area contributed by atoms with E-state index in [0.717, 1.165) is 34.6 Å². The summed E-state index contributed by atoms with van der Waals surface area (Å²) >= 11 is 2.40. The molecule has 0 amide bonds. The molecule has 2 aromatic heterocycles. The first-order valence-electron chi connectivity index (χ1n) is 8.08. The SMILES string of the molecule is FC(F)(F)C1=CC=CCN1c1cc2cn(C3CC(CI)C3)nc2cn1. The lowest BCUT2D eigenvalue weighted by atomic mass is 9.82. The predicted octanol–water partition coefficient (Wildman–Crippen LogP) is 4.64. The van der Waals surface area contributed by atoms with Crippen molar-refractivity contribution in [3.63, 3.8) is 0 Å². The average Bonchev–Trinajstić information content (AvgIpc) is 2.95. The third-order valence-corrected chi connectivity index (χ3v) is 5.98. The van der Waals surface area contributed by atoms with E-state index in [0.29, 0.717) is 17.4 Å². The van der Waals surface area contributed by atoms with Gasteiger partial charge in [-0.25, -0.2) is 4.98 Å². The Labute approximate surface area is 156 Å². The van der Waals surface area contributed by atoms with Gasteiger partial charge in [-0.15, -0.1) is 0 Å². The quantitative estimate of drug-likeness (QED) is 0.495. The summed E-state index contributed by atoms with van der Waals surface area (Å²) in [5.41, 5.74) is 0.0184. The van der Waals surface area contributed by atoms with Crippen molar-refractivity contribution in [2.24, 2.45) is 5.92 Å². The van der Waals surface area contributed by atoms with Crippen LogP contribution in [0.5, 0.6) is 0 Å². The molecule has 4 nitrogen and oxygen atoms in total. The summed E-state index contributed by atoms with van der Waals surface area (Å²) in [7, 11) is 0. The number of rotatable bonds is 3. The van der Waals surface area contributed by atoms with Gasteiger partial charge in [0.2, 0.25) is 0 Å². The van der Waals surface area contributed by atoms with E-state index >= 15 is 0 Å². The molecule has 0 saturated heterocycles. The monoisotopic (exact) mass is 460 g/mol. The van der Waals surface area contributed by atoms with Gasteiger partial charge in [-0.05, 0) is 30.9 Å². The van der Waals surface area contributed by atoms with Gasteiger partial charge in [0.15, 0.2) is 0 Å². The Kier molecular flexibility index (Phi) is 4.25. The maximum Gasteiger partial charge on any atom is 0.431 e. The maximum absolute atomic E-state index is 13.2. The molecule has 132 valence electrons. The van der Waals surface area contributed by atoms with Crippen LogP contribution in [0.4, 0.5) is 19.0 Å². The highest BCUT2D eigenvalue weighted by atomic mass is 127. The molecule has 0 unspecified atom stereocenters. The number of fused-ring (bicyclic) bond motifs is 1. The molecule has 2 aliphatic rings. The van der Waals surface area contributed by atoms with Crippen LogP contribution in [0, 0.1) is 5.92 Å². The van der Waals surface area contributed by atoms with Gasteiger partial charge in [-0.1, -0.05) is 34.7 Å². The lowest BCUT2D eigenvalue weighted by Gasteiger charge is -2.34. The summed E-state index contributed by atoms with van der Waals surface area (Å²) in [5.74, 6) is 1.03. The van der Waals surface area contributed by atoms with Gasteiger partial charge < -0.3 is 4.90 Å². The van der Waals surface area contributed by atoms with E-state index in [1.807, 2.05) is 10.9 Å². The Hall–Kier alpha value is -1.58. The van der Waals surface area contributed by atoms with Gasteiger partial charge in [0, 0.05) is 22.6 Å². The normalized spacial score (nSPS) is 23.7. The lowest BCUT2D eigenvalue weighted by Crippen LogP contribution is -2.33. The zero-order chi connectivity index (χ0) is 17.6. The molecule has 1 aliphatic carbocycles. The standard InChI is InChI=1S/C17H16F3IN4/c18-17(19,20)15-3-1-2-4-24(15)16-7-12-10-25(23-14(12)9-22-16)13-5-11(6-13)8-21/h1-3,7,9-11,13H,4-6,8H2. The van der Waals surface area contributed by atoms with E-state index < -0.39 is 11.9 Å². The van der Waals surface area contributed by atoms with Crippen molar-refractivity contribution in [3.05, 3.63) is 42.4 Å². The molecule has 0 atom stereocenters. The molecular formula is C17H16F3IN4. The number of pyridine rings is 1. The topological polar surface area (TPSA) is 34.0 Å². The van der Waals surface area contributed by atoms with E-state index in [2.05, 4.69) is 32.7 Å². The second kappa shape index (κ2) is 6.30.